The lowest BCUT2D eigenvalue weighted by atomic mass is 10.1. The third-order valence-electron chi connectivity index (χ3n) is 2.86. The van der Waals surface area contributed by atoms with Gasteiger partial charge in [-0.15, -0.1) is 0 Å². The van der Waals surface area contributed by atoms with Crippen molar-refractivity contribution in [1.29, 1.82) is 0 Å². The standard InChI is InChI=1S/C13H30N4O2S/c1-4-6-7-8-9-12(3)17-13(15-5-2)16-10-11-20(14,18)19/h12H,4-11H2,1-3H3,(H2,14,18,19)(H2,15,16,17). The number of nitrogens with zero attached hydrogens (tertiary/aromatic N) is 1. The van der Waals surface area contributed by atoms with Crippen molar-refractivity contribution in [1.82, 2.24) is 10.6 Å². The summed E-state index contributed by atoms with van der Waals surface area (Å²) in [5, 5.41) is 11.3. The van der Waals surface area contributed by atoms with E-state index in [4.69, 9.17) is 5.14 Å². The summed E-state index contributed by atoms with van der Waals surface area (Å²) in [4.78, 5) is 4.22. The van der Waals surface area contributed by atoms with Crippen molar-refractivity contribution < 1.29 is 8.42 Å². The minimum Gasteiger partial charge on any atom is -0.357 e. The van der Waals surface area contributed by atoms with Gasteiger partial charge in [-0.05, 0) is 20.3 Å². The Balaban J connectivity index is 4.13. The average molecular weight is 306 g/mol. The van der Waals surface area contributed by atoms with Crippen molar-refractivity contribution >= 4 is 16.0 Å². The van der Waals surface area contributed by atoms with Crippen LogP contribution in [-0.4, -0.2) is 39.3 Å². The number of unbranched alkanes of at least 4 members (excludes halogenated alkanes) is 3. The first-order valence-corrected chi connectivity index (χ1v) is 9.16. The highest BCUT2D eigenvalue weighted by molar-refractivity contribution is 7.89. The maximum Gasteiger partial charge on any atom is 0.210 e. The first-order valence-electron chi connectivity index (χ1n) is 7.44. The maximum absolute atomic E-state index is 10.9. The molecule has 0 aromatic carbocycles. The number of hydrogen-bond acceptors (Lipinski definition) is 3. The van der Waals surface area contributed by atoms with Crippen LogP contribution in [0.2, 0.25) is 0 Å². The van der Waals surface area contributed by atoms with E-state index in [1.165, 1.54) is 25.7 Å². The normalized spacial score (nSPS) is 14.1. The van der Waals surface area contributed by atoms with Crippen molar-refractivity contribution in [3.8, 4) is 0 Å². The fraction of sp³-hybridized carbons (Fsp3) is 0.923. The van der Waals surface area contributed by atoms with Crippen LogP contribution in [0, 0.1) is 0 Å². The second kappa shape index (κ2) is 10.9. The number of sulfonamides is 1. The number of hydrogen-bond donors (Lipinski definition) is 3. The average Bonchev–Trinajstić information content (AvgIpc) is 2.33. The third-order valence-corrected chi connectivity index (χ3v) is 3.62. The van der Waals surface area contributed by atoms with Gasteiger partial charge >= 0.3 is 0 Å². The molecule has 0 aliphatic heterocycles. The van der Waals surface area contributed by atoms with Gasteiger partial charge < -0.3 is 10.6 Å². The second-order valence-corrected chi connectivity index (χ2v) is 6.76. The predicted octanol–water partition coefficient (Wildman–Crippen LogP) is 1.19. The molecule has 0 saturated heterocycles. The molecule has 20 heavy (non-hydrogen) atoms. The van der Waals surface area contributed by atoms with E-state index >= 15 is 0 Å². The monoisotopic (exact) mass is 306 g/mol. The van der Waals surface area contributed by atoms with Gasteiger partial charge in [0.15, 0.2) is 5.96 Å². The molecule has 1 unspecified atom stereocenters. The molecule has 0 aromatic rings. The lowest BCUT2D eigenvalue weighted by Gasteiger charge is -2.17. The molecule has 0 aliphatic rings. The Hall–Kier alpha value is -0.820. The van der Waals surface area contributed by atoms with Gasteiger partial charge in [0.25, 0.3) is 0 Å². The molecule has 7 heteroatoms. The van der Waals surface area contributed by atoms with Crippen LogP contribution < -0.4 is 15.8 Å². The molecular formula is C13H30N4O2S. The molecule has 0 radical (unpaired) electrons. The molecule has 4 N–H and O–H groups in total. The zero-order valence-electron chi connectivity index (χ0n) is 13.0. The lowest BCUT2D eigenvalue weighted by molar-refractivity contribution is 0.537. The number of primary sulfonamides is 1. The van der Waals surface area contributed by atoms with Crippen LogP contribution >= 0.6 is 0 Å². The van der Waals surface area contributed by atoms with Crippen LogP contribution in [0.15, 0.2) is 4.99 Å². The summed E-state index contributed by atoms with van der Waals surface area (Å²) in [6.07, 6.45) is 6.04. The number of nitrogens with one attached hydrogen (secondary N) is 2. The maximum atomic E-state index is 10.9. The fourth-order valence-electron chi connectivity index (χ4n) is 1.79. The van der Waals surface area contributed by atoms with Gasteiger partial charge in [0, 0.05) is 12.6 Å². The summed E-state index contributed by atoms with van der Waals surface area (Å²) in [7, 11) is -3.45. The van der Waals surface area contributed by atoms with E-state index in [0.29, 0.717) is 12.0 Å². The number of nitrogens with two attached hydrogens (primary N) is 1. The molecule has 0 saturated carbocycles. The summed E-state index contributed by atoms with van der Waals surface area (Å²) in [5.41, 5.74) is 0. The van der Waals surface area contributed by atoms with Crippen LogP contribution in [0.25, 0.3) is 0 Å². The van der Waals surface area contributed by atoms with Gasteiger partial charge in [0.05, 0.1) is 12.3 Å². The third kappa shape index (κ3) is 12.2. The van der Waals surface area contributed by atoms with Crippen LogP contribution in [0.4, 0.5) is 0 Å². The number of aliphatic imine (C=N–C) groups is 1. The van der Waals surface area contributed by atoms with E-state index < -0.39 is 10.0 Å². The Bertz CT molecular complexity index is 369. The van der Waals surface area contributed by atoms with Crippen molar-refractivity contribution in [2.75, 3.05) is 18.8 Å². The minimum absolute atomic E-state index is 0.131. The zero-order valence-corrected chi connectivity index (χ0v) is 13.8. The van der Waals surface area contributed by atoms with Gasteiger partial charge in [-0.1, -0.05) is 32.6 Å². The summed E-state index contributed by atoms with van der Waals surface area (Å²) in [6, 6.07) is 0.319. The van der Waals surface area contributed by atoms with Gasteiger partial charge in [-0.2, -0.15) is 0 Å². The molecule has 120 valence electrons. The Labute approximate surface area is 123 Å². The molecule has 0 heterocycles. The summed E-state index contributed by atoms with van der Waals surface area (Å²) < 4.78 is 21.7. The molecule has 0 rings (SSSR count). The zero-order chi connectivity index (χ0) is 15.4. The molecule has 0 bridgehead atoms. The number of guanidine groups is 1. The summed E-state index contributed by atoms with van der Waals surface area (Å²) >= 11 is 0. The Morgan fingerprint density at radius 2 is 1.95 bits per heavy atom. The van der Waals surface area contributed by atoms with Crippen molar-refractivity contribution in [2.24, 2.45) is 10.1 Å². The van der Waals surface area contributed by atoms with Crippen molar-refractivity contribution in [3.05, 3.63) is 0 Å². The molecule has 0 aliphatic carbocycles. The van der Waals surface area contributed by atoms with Gasteiger partial charge in [0.2, 0.25) is 10.0 Å². The highest BCUT2D eigenvalue weighted by Crippen LogP contribution is 2.05. The first-order chi connectivity index (χ1) is 9.39. The van der Waals surface area contributed by atoms with Crippen LogP contribution in [0.1, 0.15) is 52.9 Å². The Morgan fingerprint density at radius 3 is 2.50 bits per heavy atom. The Kier molecular flexibility index (Phi) is 10.5. The van der Waals surface area contributed by atoms with Gasteiger partial charge in [-0.25, -0.2) is 13.6 Å². The highest BCUT2D eigenvalue weighted by Gasteiger charge is 2.06. The van der Waals surface area contributed by atoms with Crippen molar-refractivity contribution in [2.45, 2.75) is 58.9 Å². The SMILES string of the molecule is CCCCCCC(C)NC(=NCCS(N)(=O)=O)NCC. The van der Waals surface area contributed by atoms with E-state index in [2.05, 4.69) is 29.5 Å². The molecular weight excluding hydrogens is 276 g/mol. The second-order valence-electron chi connectivity index (χ2n) is 5.02. The smallest absolute Gasteiger partial charge is 0.210 e. The predicted molar refractivity (Wildman–Crippen MR) is 85.3 cm³/mol. The van der Waals surface area contributed by atoms with Crippen LogP contribution in [-0.2, 0) is 10.0 Å². The van der Waals surface area contributed by atoms with E-state index in [-0.39, 0.29) is 12.3 Å². The molecule has 0 aromatic heterocycles. The van der Waals surface area contributed by atoms with E-state index in [0.717, 1.165) is 13.0 Å². The molecule has 6 nitrogen and oxygen atoms in total. The lowest BCUT2D eigenvalue weighted by Crippen LogP contribution is -2.42. The van der Waals surface area contributed by atoms with E-state index in [9.17, 15) is 8.42 Å². The van der Waals surface area contributed by atoms with Gasteiger partial charge in [0.1, 0.15) is 0 Å². The van der Waals surface area contributed by atoms with E-state index in [1.54, 1.807) is 0 Å². The molecule has 0 amide bonds. The minimum atomic E-state index is -3.45. The van der Waals surface area contributed by atoms with Gasteiger partial charge in [-0.3, -0.25) is 4.99 Å². The molecule has 1 atom stereocenters. The molecule has 0 fully saturated rings. The molecule has 0 spiro atoms. The van der Waals surface area contributed by atoms with Crippen LogP contribution in [0.3, 0.4) is 0 Å². The quantitative estimate of drug-likeness (QED) is 0.321. The topological polar surface area (TPSA) is 96.6 Å². The van der Waals surface area contributed by atoms with Crippen LogP contribution in [0.5, 0.6) is 0 Å². The summed E-state index contributed by atoms with van der Waals surface area (Å²) in [6.45, 7) is 7.20. The fourth-order valence-corrected chi connectivity index (χ4v) is 2.13. The Morgan fingerprint density at radius 1 is 1.25 bits per heavy atom. The largest absolute Gasteiger partial charge is 0.357 e. The number of rotatable bonds is 10. The van der Waals surface area contributed by atoms with Crippen molar-refractivity contribution in [3.63, 3.8) is 0 Å². The van der Waals surface area contributed by atoms with E-state index in [1.807, 2.05) is 6.92 Å². The first kappa shape index (κ1) is 19.2. The summed E-state index contributed by atoms with van der Waals surface area (Å²) in [5.74, 6) is 0.521. The highest BCUT2D eigenvalue weighted by atomic mass is 32.2.